The van der Waals surface area contributed by atoms with Crippen molar-refractivity contribution >= 4 is 5.78 Å². The summed E-state index contributed by atoms with van der Waals surface area (Å²) < 4.78 is 0. The Morgan fingerprint density at radius 3 is 2.71 bits per heavy atom. The Morgan fingerprint density at radius 1 is 1.43 bits per heavy atom. The van der Waals surface area contributed by atoms with Crippen LogP contribution in [0.4, 0.5) is 0 Å². The lowest BCUT2D eigenvalue weighted by atomic mass is 9.99. The lowest BCUT2D eigenvalue weighted by Crippen LogP contribution is -1.96. The summed E-state index contributed by atoms with van der Waals surface area (Å²) in [6, 6.07) is 2.13. The lowest BCUT2D eigenvalue weighted by molar-refractivity contribution is -0.113. The van der Waals surface area contributed by atoms with Crippen molar-refractivity contribution in [3.8, 4) is 6.07 Å². The number of nitrogens with zero attached hydrogens (tertiary/aromatic N) is 1. The van der Waals surface area contributed by atoms with Crippen LogP contribution in [0, 0.1) is 11.3 Å². The van der Waals surface area contributed by atoms with Gasteiger partial charge in [-0.3, -0.25) is 4.79 Å². The van der Waals surface area contributed by atoms with Gasteiger partial charge in [-0.15, -0.1) is 0 Å². The molecule has 0 unspecified atom stereocenters. The largest absolute Gasteiger partial charge is 0.295 e. The number of nitriles is 1. The van der Waals surface area contributed by atoms with Gasteiger partial charge in [-0.05, 0) is 32.8 Å². The van der Waals surface area contributed by atoms with E-state index in [1.807, 2.05) is 13.0 Å². The number of hydrogen-bond acceptors (Lipinski definition) is 2. The summed E-state index contributed by atoms with van der Waals surface area (Å²) in [7, 11) is 0. The van der Waals surface area contributed by atoms with Crippen LogP contribution in [0.3, 0.4) is 0 Å². The van der Waals surface area contributed by atoms with Gasteiger partial charge in [-0.25, -0.2) is 0 Å². The van der Waals surface area contributed by atoms with E-state index in [4.69, 9.17) is 5.26 Å². The van der Waals surface area contributed by atoms with Gasteiger partial charge in [0.05, 0.1) is 6.07 Å². The molecular weight excluding hydrogens is 174 g/mol. The predicted molar refractivity (Wildman–Crippen MR) is 55.5 cm³/mol. The molecule has 0 atom stereocenters. The van der Waals surface area contributed by atoms with E-state index in [1.54, 1.807) is 12.2 Å². The Bertz CT molecular complexity index is 378. The maximum Gasteiger partial charge on any atom is 0.159 e. The zero-order valence-corrected chi connectivity index (χ0v) is 8.50. The molecule has 0 amide bonds. The predicted octanol–water partition coefficient (Wildman–Crippen LogP) is 2.69. The molecule has 72 valence electrons. The molecule has 2 heteroatoms. The maximum absolute atomic E-state index is 11.2. The fraction of sp³-hybridized carbons (Fsp3) is 0.333. The van der Waals surface area contributed by atoms with E-state index in [2.05, 4.69) is 6.07 Å². The van der Waals surface area contributed by atoms with Crippen molar-refractivity contribution in [2.75, 3.05) is 0 Å². The smallest absolute Gasteiger partial charge is 0.159 e. The minimum atomic E-state index is 0.0415. The summed E-state index contributed by atoms with van der Waals surface area (Å²) in [5.74, 6) is 0.0415. The second-order valence-electron chi connectivity index (χ2n) is 3.47. The van der Waals surface area contributed by atoms with Crippen molar-refractivity contribution in [3.05, 3.63) is 34.9 Å². The molecule has 14 heavy (non-hydrogen) atoms. The molecule has 0 aromatic carbocycles. The third-order valence-electron chi connectivity index (χ3n) is 2.20. The fourth-order valence-corrected chi connectivity index (χ4v) is 1.30. The summed E-state index contributed by atoms with van der Waals surface area (Å²) in [6.07, 6.45) is 6.97. The van der Waals surface area contributed by atoms with Gasteiger partial charge in [0.1, 0.15) is 0 Å². The van der Waals surface area contributed by atoms with Crippen molar-refractivity contribution in [2.24, 2.45) is 0 Å². The summed E-state index contributed by atoms with van der Waals surface area (Å²) in [4.78, 5) is 11.2. The van der Waals surface area contributed by atoms with Gasteiger partial charge in [0.2, 0.25) is 0 Å². The highest BCUT2D eigenvalue weighted by molar-refractivity contribution is 5.96. The summed E-state index contributed by atoms with van der Waals surface area (Å²) in [5.41, 5.74) is 2.55. The number of carbonyl (C=O) groups excluding carboxylic acids is 1. The number of Topliss-reactive ketones (excluding diaryl/α,β-unsaturated/α-hetero) is 1. The summed E-state index contributed by atoms with van der Waals surface area (Å²) >= 11 is 0. The normalized spacial score (nSPS) is 27.9. The Kier molecular flexibility index (Phi) is 3.41. The van der Waals surface area contributed by atoms with Gasteiger partial charge in [-0.2, -0.15) is 5.26 Å². The van der Waals surface area contributed by atoms with Crippen LogP contribution in [-0.2, 0) is 4.79 Å². The number of hydrogen-bond donors (Lipinski definition) is 0. The fourth-order valence-electron chi connectivity index (χ4n) is 1.30. The molecule has 0 aromatic rings. The van der Waals surface area contributed by atoms with E-state index in [0.717, 1.165) is 24.0 Å². The topological polar surface area (TPSA) is 40.9 Å². The van der Waals surface area contributed by atoms with Crippen LogP contribution in [0.5, 0.6) is 0 Å². The molecule has 0 saturated heterocycles. The summed E-state index contributed by atoms with van der Waals surface area (Å²) in [5, 5.41) is 8.77. The average molecular weight is 187 g/mol. The first kappa shape index (κ1) is 10.5. The van der Waals surface area contributed by atoms with Crippen molar-refractivity contribution in [1.29, 1.82) is 5.26 Å². The molecule has 0 bridgehead atoms. The first-order valence-corrected chi connectivity index (χ1v) is 4.62. The van der Waals surface area contributed by atoms with Gasteiger partial charge < -0.3 is 0 Å². The average Bonchev–Trinajstić information content (AvgIpc) is 2.11. The van der Waals surface area contributed by atoms with Gasteiger partial charge >= 0.3 is 0 Å². The third-order valence-corrected chi connectivity index (χ3v) is 2.20. The minimum absolute atomic E-state index is 0.0415. The zero-order chi connectivity index (χ0) is 10.6. The molecule has 0 radical (unpaired) electrons. The van der Waals surface area contributed by atoms with Crippen LogP contribution in [0.2, 0.25) is 0 Å². The first-order valence-electron chi connectivity index (χ1n) is 4.62. The highest BCUT2D eigenvalue weighted by Crippen LogP contribution is 2.17. The SMILES string of the molecule is CC(=O)C1=C/C=C(/C#N)CC/C(C)=C\1. The Balaban J connectivity index is 3.06. The van der Waals surface area contributed by atoms with Crippen LogP contribution in [0.25, 0.3) is 0 Å². The van der Waals surface area contributed by atoms with Crippen LogP contribution in [0.1, 0.15) is 26.7 Å². The molecule has 1 aliphatic rings. The van der Waals surface area contributed by atoms with Gasteiger partial charge in [0.25, 0.3) is 0 Å². The summed E-state index contributed by atoms with van der Waals surface area (Å²) in [6.45, 7) is 3.52. The first-order chi connectivity index (χ1) is 6.63. The number of allylic oxidation sites excluding steroid dienone is 6. The minimum Gasteiger partial charge on any atom is -0.295 e. The van der Waals surface area contributed by atoms with Crippen LogP contribution >= 0.6 is 0 Å². The van der Waals surface area contributed by atoms with Crippen molar-refractivity contribution in [1.82, 2.24) is 0 Å². The molecule has 0 aromatic heterocycles. The third kappa shape index (κ3) is 2.70. The lowest BCUT2D eigenvalue weighted by Gasteiger charge is -2.05. The second-order valence-corrected chi connectivity index (χ2v) is 3.47. The van der Waals surface area contributed by atoms with Gasteiger partial charge in [0.15, 0.2) is 5.78 Å². The number of ketones is 1. The molecule has 0 heterocycles. The molecule has 1 aliphatic carbocycles. The zero-order valence-electron chi connectivity index (χ0n) is 8.50. The van der Waals surface area contributed by atoms with Crippen LogP contribution in [-0.4, -0.2) is 5.78 Å². The quantitative estimate of drug-likeness (QED) is 0.633. The molecule has 0 saturated carbocycles. The molecule has 0 spiro atoms. The van der Waals surface area contributed by atoms with E-state index >= 15 is 0 Å². The molecule has 1 rings (SSSR count). The van der Waals surface area contributed by atoms with Crippen molar-refractivity contribution in [3.63, 3.8) is 0 Å². The Labute approximate surface area is 84.2 Å². The highest BCUT2D eigenvalue weighted by Gasteiger charge is 2.05. The Morgan fingerprint density at radius 2 is 2.14 bits per heavy atom. The van der Waals surface area contributed by atoms with Crippen LogP contribution in [0.15, 0.2) is 34.9 Å². The number of carbonyl (C=O) groups is 1. The van der Waals surface area contributed by atoms with E-state index < -0.39 is 0 Å². The second kappa shape index (κ2) is 4.57. The molecule has 0 N–H and O–H groups in total. The molecule has 0 aliphatic heterocycles. The van der Waals surface area contributed by atoms with E-state index in [1.165, 1.54) is 6.92 Å². The van der Waals surface area contributed by atoms with Gasteiger partial charge in [-0.1, -0.05) is 17.7 Å². The van der Waals surface area contributed by atoms with E-state index in [0.29, 0.717) is 5.57 Å². The number of rotatable bonds is 1. The monoisotopic (exact) mass is 187 g/mol. The molecule has 2 nitrogen and oxygen atoms in total. The van der Waals surface area contributed by atoms with Crippen molar-refractivity contribution in [2.45, 2.75) is 26.7 Å². The van der Waals surface area contributed by atoms with Crippen LogP contribution < -0.4 is 0 Å². The maximum atomic E-state index is 11.2. The Hall–Kier alpha value is -1.62. The van der Waals surface area contributed by atoms with E-state index in [-0.39, 0.29) is 5.78 Å². The molecule has 0 fully saturated rings. The molecular formula is C12H13NO. The van der Waals surface area contributed by atoms with Gasteiger partial charge in [0, 0.05) is 11.1 Å². The highest BCUT2D eigenvalue weighted by atomic mass is 16.1. The standard InChI is InChI=1S/C12H13NO/c1-9-3-4-11(8-13)5-6-12(7-9)10(2)14/h5-7H,3-4H2,1-2H3/b9-7-,11-5+,12-6+. The van der Waals surface area contributed by atoms with Crippen molar-refractivity contribution < 1.29 is 4.79 Å². The van der Waals surface area contributed by atoms with E-state index in [9.17, 15) is 4.79 Å².